The Bertz CT molecular complexity index is 1000. The lowest BCUT2D eigenvalue weighted by molar-refractivity contribution is -0.127. The van der Waals surface area contributed by atoms with Crippen molar-refractivity contribution in [2.75, 3.05) is 13.2 Å². The molecule has 1 aliphatic carbocycles. The maximum atomic E-state index is 13.3. The van der Waals surface area contributed by atoms with Crippen LogP contribution in [0.1, 0.15) is 30.1 Å². The Morgan fingerprint density at radius 2 is 1.93 bits per heavy atom. The Morgan fingerprint density at radius 1 is 1.17 bits per heavy atom. The van der Waals surface area contributed by atoms with Crippen LogP contribution in [0.15, 0.2) is 47.3 Å². The molecule has 1 amide bonds. The molecule has 7 heteroatoms. The lowest BCUT2D eigenvalue weighted by Gasteiger charge is -2.38. The van der Waals surface area contributed by atoms with E-state index in [-0.39, 0.29) is 41.9 Å². The number of hydrogen-bond acceptors (Lipinski definition) is 4. The lowest BCUT2D eigenvalue weighted by atomic mass is 9.86. The highest BCUT2D eigenvalue weighted by atomic mass is 19.1. The molecule has 2 aromatic rings. The number of nitrogens with one attached hydrogen (secondary N) is 1. The fourth-order valence-electron chi connectivity index (χ4n) is 5.23. The van der Waals surface area contributed by atoms with Crippen LogP contribution >= 0.6 is 0 Å². The second kappa shape index (κ2) is 7.63. The summed E-state index contributed by atoms with van der Waals surface area (Å²) in [5.74, 6) is -0.474. The summed E-state index contributed by atoms with van der Waals surface area (Å²) in [6.07, 6.45) is 2.39. The number of rotatable bonds is 6. The van der Waals surface area contributed by atoms with Gasteiger partial charge in [0.05, 0.1) is 12.0 Å². The van der Waals surface area contributed by atoms with Gasteiger partial charge in [0.2, 0.25) is 5.91 Å². The van der Waals surface area contributed by atoms with Gasteiger partial charge >= 0.3 is 0 Å². The molecule has 1 aromatic carbocycles. The van der Waals surface area contributed by atoms with E-state index in [9.17, 15) is 19.1 Å². The standard InChI is InChI=1S/C23H26FN3O3/c24-16-8-6-14(7-9-16)10-25-23(30)21-17(13-28)19-12-26-18(2-1-3-20(26)29)22(21)27(19)11-15-4-5-15/h1-3,6-9,15,17,19,21-22,28H,4-5,10-13H2,(H,25,30)/t17-,19-,21+,22+/m1/s1. The number of fused-ring (bicyclic) bond motifs is 4. The average molecular weight is 411 g/mol. The first-order valence-corrected chi connectivity index (χ1v) is 10.7. The minimum Gasteiger partial charge on any atom is -0.396 e. The van der Waals surface area contributed by atoms with Gasteiger partial charge in [-0.2, -0.15) is 0 Å². The van der Waals surface area contributed by atoms with Gasteiger partial charge in [0.1, 0.15) is 5.82 Å². The third kappa shape index (κ3) is 3.36. The number of aromatic nitrogens is 1. The van der Waals surface area contributed by atoms with Crippen molar-refractivity contribution >= 4 is 5.91 Å². The highest BCUT2D eigenvalue weighted by molar-refractivity contribution is 5.80. The third-order valence-corrected chi connectivity index (χ3v) is 6.89. The van der Waals surface area contributed by atoms with Gasteiger partial charge in [0.25, 0.3) is 5.56 Å². The molecule has 2 aliphatic heterocycles. The second-order valence-corrected chi connectivity index (χ2v) is 8.77. The van der Waals surface area contributed by atoms with Crippen molar-refractivity contribution in [2.45, 2.75) is 38.0 Å². The first-order chi connectivity index (χ1) is 14.6. The predicted molar refractivity (Wildman–Crippen MR) is 109 cm³/mol. The van der Waals surface area contributed by atoms with Crippen LogP contribution in [0.4, 0.5) is 4.39 Å². The highest BCUT2D eigenvalue weighted by Crippen LogP contribution is 2.49. The molecule has 2 N–H and O–H groups in total. The summed E-state index contributed by atoms with van der Waals surface area (Å²) in [7, 11) is 0. The summed E-state index contributed by atoms with van der Waals surface area (Å²) >= 11 is 0. The number of nitrogens with zero attached hydrogens (tertiary/aromatic N) is 2. The monoisotopic (exact) mass is 411 g/mol. The molecular formula is C23H26FN3O3. The van der Waals surface area contributed by atoms with E-state index in [0.29, 0.717) is 19.0 Å². The Hall–Kier alpha value is -2.51. The first kappa shape index (κ1) is 19.5. The van der Waals surface area contributed by atoms with Crippen molar-refractivity contribution in [1.82, 2.24) is 14.8 Å². The number of carbonyl (C=O) groups is 1. The molecule has 2 bridgehead atoms. The maximum absolute atomic E-state index is 13.3. The van der Waals surface area contributed by atoms with Gasteiger partial charge in [0, 0.05) is 50.0 Å². The fourth-order valence-corrected chi connectivity index (χ4v) is 5.23. The molecule has 6 nitrogen and oxygen atoms in total. The molecule has 158 valence electrons. The topological polar surface area (TPSA) is 74.6 Å². The summed E-state index contributed by atoms with van der Waals surface area (Å²) in [5, 5.41) is 13.2. The van der Waals surface area contributed by atoms with E-state index in [1.54, 1.807) is 28.8 Å². The summed E-state index contributed by atoms with van der Waals surface area (Å²) in [5.41, 5.74) is 1.62. The van der Waals surface area contributed by atoms with Gasteiger partial charge in [-0.3, -0.25) is 14.5 Å². The Labute approximate surface area is 174 Å². The van der Waals surface area contributed by atoms with Crippen LogP contribution in [-0.4, -0.2) is 39.7 Å². The number of carbonyl (C=O) groups excluding carboxylic acids is 1. The number of halogens is 1. The molecule has 4 atom stereocenters. The van der Waals surface area contributed by atoms with E-state index < -0.39 is 5.92 Å². The zero-order valence-corrected chi connectivity index (χ0v) is 16.7. The van der Waals surface area contributed by atoms with Gasteiger partial charge in [0.15, 0.2) is 0 Å². The van der Waals surface area contributed by atoms with Crippen molar-refractivity contribution in [3.05, 3.63) is 69.9 Å². The molecule has 30 heavy (non-hydrogen) atoms. The van der Waals surface area contributed by atoms with Crippen molar-refractivity contribution < 1.29 is 14.3 Å². The van der Waals surface area contributed by atoms with Crippen LogP contribution in [0.5, 0.6) is 0 Å². The van der Waals surface area contributed by atoms with E-state index in [1.807, 2.05) is 6.07 Å². The summed E-state index contributed by atoms with van der Waals surface area (Å²) in [4.78, 5) is 28.2. The number of aliphatic hydroxyl groups excluding tert-OH is 1. The quantitative estimate of drug-likeness (QED) is 0.759. The maximum Gasteiger partial charge on any atom is 0.250 e. The van der Waals surface area contributed by atoms with E-state index >= 15 is 0 Å². The fraction of sp³-hybridized carbons (Fsp3) is 0.478. The minimum atomic E-state index is -0.435. The predicted octanol–water partition coefficient (Wildman–Crippen LogP) is 1.68. The smallest absolute Gasteiger partial charge is 0.250 e. The van der Waals surface area contributed by atoms with Gasteiger partial charge in [-0.25, -0.2) is 4.39 Å². The minimum absolute atomic E-state index is 0.0326. The van der Waals surface area contributed by atoms with E-state index in [0.717, 1.165) is 17.8 Å². The molecule has 5 rings (SSSR count). The Balaban J connectivity index is 1.45. The lowest BCUT2D eigenvalue weighted by Crippen LogP contribution is -2.47. The highest BCUT2D eigenvalue weighted by Gasteiger charge is 2.56. The average Bonchev–Trinajstić information content (AvgIpc) is 3.53. The second-order valence-electron chi connectivity index (χ2n) is 8.77. The number of pyridine rings is 1. The van der Waals surface area contributed by atoms with Crippen LogP contribution in [-0.2, 0) is 17.9 Å². The molecule has 2 fully saturated rings. The van der Waals surface area contributed by atoms with Gasteiger partial charge in [-0.1, -0.05) is 18.2 Å². The third-order valence-electron chi connectivity index (χ3n) is 6.89. The molecule has 3 heterocycles. The SMILES string of the molecule is O=C(NCc1ccc(F)cc1)[C@H]1[C@H](CO)[C@H]2Cn3c(cccc3=O)[C@@H]1N2CC1CC1. The Morgan fingerprint density at radius 3 is 2.63 bits per heavy atom. The molecule has 3 aliphatic rings. The van der Waals surface area contributed by atoms with Crippen molar-refractivity contribution in [3.63, 3.8) is 0 Å². The van der Waals surface area contributed by atoms with Gasteiger partial charge < -0.3 is 15.0 Å². The zero-order chi connectivity index (χ0) is 20.8. The molecule has 0 unspecified atom stereocenters. The van der Waals surface area contributed by atoms with Crippen LogP contribution in [0, 0.1) is 23.6 Å². The molecular weight excluding hydrogens is 385 g/mol. The molecule has 1 saturated heterocycles. The number of benzene rings is 1. The van der Waals surface area contributed by atoms with Gasteiger partial charge in [-0.05, 0) is 42.5 Å². The van der Waals surface area contributed by atoms with E-state index in [4.69, 9.17) is 0 Å². The normalized spacial score (nSPS) is 27.7. The number of amides is 1. The van der Waals surface area contributed by atoms with E-state index in [2.05, 4.69) is 10.2 Å². The van der Waals surface area contributed by atoms with Crippen LogP contribution in [0.2, 0.25) is 0 Å². The molecule has 0 spiro atoms. The van der Waals surface area contributed by atoms with Crippen molar-refractivity contribution in [2.24, 2.45) is 17.8 Å². The molecule has 1 aromatic heterocycles. The number of aliphatic hydroxyl groups is 1. The first-order valence-electron chi connectivity index (χ1n) is 10.7. The summed E-state index contributed by atoms with van der Waals surface area (Å²) in [6.45, 7) is 1.61. The summed E-state index contributed by atoms with van der Waals surface area (Å²) < 4.78 is 14.9. The van der Waals surface area contributed by atoms with Crippen molar-refractivity contribution in [3.8, 4) is 0 Å². The summed E-state index contributed by atoms with van der Waals surface area (Å²) in [6, 6.07) is 11.0. The zero-order valence-electron chi connectivity index (χ0n) is 16.7. The van der Waals surface area contributed by atoms with Crippen LogP contribution < -0.4 is 10.9 Å². The van der Waals surface area contributed by atoms with Crippen LogP contribution in [0.3, 0.4) is 0 Å². The van der Waals surface area contributed by atoms with Crippen LogP contribution in [0.25, 0.3) is 0 Å². The van der Waals surface area contributed by atoms with Gasteiger partial charge in [-0.15, -0.1) is 0 Å². The Kier molecular flexibility index (Phi) is 4.95. The largest absolute Gasteiger partial charge is 0.396 e. The van der Waals surface area contributed by atoms with E-state index in [1.165, 1.54) is 25.0 Å². The molecule has 0 radical (unpaired) electrons. The number of hydrogen-bond donors (Lipinski definition) is 2. The van der Waals surface area contributed by atoms with Crippen molar-refractivity contribution in [1.29, 1.82) is 0 Å². The molecule has 1 saturated carbocycles.